The fourth-order valence-electron chi connectivity index (χ4n) is 3.10. The van der Waals surface area contributed by atoms with Crippen molar-refractivity contribution in [1.82, 2.24) is 9.88 Å². The number of hydrogen-bond acceptors (Lipinski definition) is 7. The molecule has 146 valence electrons. The first-order valence-electron chi connectivity index (χ1n) is 8.69. The van der Waals surface area contributed by atoms with E-state index in [2.05, 4.69) is 4.98 Å². The minimum absolute atomic E-state index is 0.0345. The molecule has 0 bridgehead atoms. The Morgan fingerprint density at radius 1 is 1.34 bits per heavy atom. The molecule has 1 atom stereocenters. The van der Waals surface area contributed by atoms with Gasteiger partial charge in [-0.25, -0.2) is 4.79 Å². The quantitative estimate of drug-likeness (QED) is 0.245. The topological polar surface area (TPSA) is 103 Å². The summed E-state index contributed by atoms with van der Waals surface area (Å²) in [6, 6.07) is 9.41. The zero-order valence-corrected chi connectivity index (χ0v) is 16.1. The number of pyridine rings is 1. The molecule has 4 rings (SSSR count). The number of carbonyl (C=O) groups is 2. The number of aromatic nitrogens is 1. The smallest absolute Gasteiger partial charge is 0.356 e. The van der Waals surface area contributed by atoms with Gasteiger partial charge in [-0.2, -0.15) is 0 Å². The summed E-state index contributed by atoms with van der Waals surface area (Å²) >= 11 is 1.43. The number of esters is 1. The van der Waals surface area contributed by atoms with Gasteiger partial charge in [0, 0.05) is 29.4 Å². The molecule has 1 unspecified atom stereocenters. The van der Waals surface area contributed by atoms with Gasteiger partial charge in [-0.3, -0.25) is 24.8 Å². The molecule has 8 nitrogen and oxygen atoms in total. The molecule has 3 heterocycles. The Morgan fingerprint density at radius 3 is 2.76 bits per heavy atom. The van der Waals surface area contributed by atoms with Crippen LogP contribution < -0.4 is 0 Å². The van der Waals surface area contributed by atoms with Crippen molar-refractivity contribution in [2.24, 2.45) is 0 Å². The van der Waals surface area contributed by atoms with E-state index >= 15 is 0 Å². The van der Waals surface area contributed by atoms with E-state index < -0.39 is 10.9 Å². The van der Waals surface area contributed by atoms with Gasteiger partial charge in [0.1, 0.15) is 17.7 Å². The molecule has 0 aliphatic carbocycles. The van der Waals surface area contributed by atoms with Gasteiger partial charge in [0.2, 0.25) is 0 Å². The number of nitro benzene ring substituents is 1. The third kappa shape index (κ3) is 3.52. The molecule has 2 aliphatic heterocycles. The molecule has 1 fully saturated rings. The first kappa shape index (κ1) is 18.9. The molecule has 29 heavy (non-hydrogen) atoms. The van der Waals surface area contributed by atoms with Gasteiger partial charge < -0.3 is 4.74 Å². The van der Waals surface area contributed by atoms with Crippen molar-refractivity contribution in [3.05, 3.63) is 86.2 Å². The molecule has 1 aromatic carbocycles. The van der Waals surface area contributed by atoms with Crippen LogP contribution in [0.5, 0.6) is 0 Å². The fraction of sp³-hybridized carbons (Fsp3) is 0.150. The third-order valence-corrected chi connectivity index (χ3v) is 5.78. The largest absolute Gasteiger partial charge is 0.456 e. The van der Waals surface area contributed by atoms with Crippen LogP contribution >= 0.6 is 11.8 Å². The summed E-state index contributed by atoms with van der Waals surface area (Å²) < 4.78 is 5.33. The Balaban J connectivity index is 1.43. The van der Waals surface area contributed by atoms with Crippen molar-refractivity contribution in [1.29, 1.82) is 0 Å². The summed E-state index contributed by atoms with van der Waals surface area (Å²) in [4.78, 5) is 41.6. The molecular formula is C20H15N3O5S. The number of carbonyl (C=O) groups excluding carboxylic acids is 2. The predicted molar refractivity (Wildman–Crippen MR) is 106 cm³/mol. The Morgan fingerprint density at radius 2 is 2.10 bits per heavy atom. The van der Waals surface area contributed by atoms with Crippen molar-refractivity contribution in [3.8, 4) is 0 Å². The second-order valence-electron chi connectivity index (χ2n) is 6.44. The number of rotatable bonds is 5. The summed E-state index contributed by atoms with van der Waals surface area (Å²) in [5.41, 5.74) is 2.27. The van der Waals surface area contributed by atoms with Gasteiger partial charge in [0.15, 0.2) is 0 Å². The normalized spacial score (nSPS) is 19.2. The van der Waals surface area contributed by atoms with E-state index in [4.69, 9.17) is 4.74 Å². The summed E-state index contributed by atoms with van der Waals surface area (Å²) in [5, 5.41) is 10.5. The number of amides is 1. The van der Waals surface area contributed by atoms with Crippen LogP contribution in [-0.2, 0) is 20.9 Å². The van der Waals surface area contributed by atoms with E-state index in [-0.39, 0.29) is 29.3 Å². The molecule has 0 spiro atoms. The van der Waals surface area contributed by atoms with Crippen molar-refractivity contribution in [2.45, 2.75) is 18.9 Å². The van der Waals surface area contributed by atoms with Crippen LogP contribution in [0.4, 0.5) is 5.69 Å². The lowest BCUT2D eigenvalue weighted by Gasteiger charge is -2.37. The molecular weight excluding hydrogens is 394 g/mol. The van der Waals surface area contributed by atoms with Gasteiger partial charge in [-0.15, -0.1) is 0 Å². The van der Waals surface area contributed by atoms with Crippen LogP contribution in [0.15, 0.2) is 65.0 Å². The highest BCUT2D eigenvalue weighted by Gasteiger charge is 2.51. The number of non-ortho nitro benzene ring substituents is 1. The second-order valence-corrected chi connectivity index (χ2v) is 7.73. The monoisotopic (exact) mass is 409 g/mol. The number of fused-ring (bicyclic) bond motifs is 1. The maximum absolute atomic E-state index is 12.6. The number of nitrogens with zero attached hydrogens (tertiary/aromatic N) is 3. The lowest BCUT2D eigenvalue weighted by molar-refractivity contribution is -0.384. The molecule has 2 aromatic rings. The molecule has 2 aliphatic rings. The highest BCUT2D eigenvalue weighted by molar-refractivity contribution is 8.04. The van der Waals surface area contributed by atoms with Crippen LogP contribution in [0, 0.1) is 10.1 Å². The van der Waals surface area contributed by atoms with E-state index in [1.165, 1.54) is 40.9 Å². The fourth-order valence-corrected chi connectivity index (χ4v) is 4.33. The number of β-lactam (4-membered cyclic amide) rings is 1. The van der Waals surface area contributed by atoms with Gasteiger partial charge in [0.05, 0.1) is 10.5 Å². The SMILES string of the molecule is CC1=C(C(=O)OCc2ccc([N+](=O)[O-])cc2)N2C(=O)C(=Cc3cccnc3)C2S1. The zero-order chi connectivity index (χ0) is 20.5. The van der Waals surface area contributed by atoms with Crippen LogP contribution in [0.3, 0.4) is 0 Å². The lowest BCUT2D eigenvalue weighted by atomic mass is 10.0. The van der Waals surface area contributed by atoms with E-state index in [9.17, 15) is 19.7 Å². The van der Waals surface area contributed by atoms with Crippen LogP contribution in [0.2, 0.25) is 0 Å². The van der Waals surface area contributed by atoms with Crippen LogP contribution in [0.25, 0.3) is 6.08 Å². The van der Waals surface area contributed by atoms with E-state index in [1.807, 2.05) is 6.07 Å². The van der Waals surface area contributed by atoms with Crippen LogP contribution in [-0.4, -0.2) is 32.1 Å². The average molecular weight is 409 g/mol. The Hall–Kier alpha value is -3.46. The molecule has 1 aromatic heterocycles. The van der Waals surface area contributed by atoms with E-state index in [1.54, 1.807) is 31.5 Å². The van der Waals surface area contributed by atoms with Gasteiger partial charge in [-0.1, -0.05) is 17.8 Å². The zero-order valence-electron chi connectivity index (χ0n) is 15.3. The number of allylic oxidation sites excluding steroid dienone is 1. The number of benzene rings is 1. The first-order chi connectivity index (χ1) is 14.0. The summed E-state index contributed by atoms with van der Waals surface area (Å²) in [7, 11) is 0. The number of thioether (sulfide) groups is 1. The number of hydrogen-bond donors (Lipinski definition) is 0. The van der Waals surface area contributed by atoms with Crippen molar-refractivity contribution >= 4 is 35.4 Å². The maximum atomic E-state index is 12.6. The van der Waals surface area contributed by atoms with E-state index in [0.29, 0.717) is 16.0 Å². The number of ether oxygens (including phenoxy) is 1. The van der Waals surface area contributed by atoms with Crippen molar-refractivity contribution < 1.29 is 19.2 Å². The molecule has 1 amide bonds. The standard InChI is InChI=1S/C20H15N3O5S/c1-12-17(20(25)28-11-13-4-6-15(7-5-13)23(26)27)22-18(24)16(19(22)29-12)9-14-3-2-8-21-10-14/h2-10,19H,11H2,1H3. The van der Waals surface area contributed by atoms with E-state index in [0.717, 1.165) is 5.56 Å². The lowest BCUT2D eigenvalue weighted by Crippen LogP contribution is -2.51. The molecule has 0 N–H and O–H groups in total. The highest BCUT2D eigenvalue weighted by atomic mass is 32.2. The summed E-state index contributed by atoms with van der Waals surface area (Å²) in [5.74, 6) is -0.824. The second kappa shape index (κ2) is 7.51. The first-order valence-corrected chi connectivity index (χ1v) is 9.57. The third-order valence-electron chi connectivity index (χ3n) is 4.55. The Labute approximate surface area is 170 Å². The molecule has 1 saturated heterocycles. The Bertz CT molecular complexity index is 1060. The maximum Gasteiger partial charge on any atom is 0.356 e. The van der Waals surface area contributed by atoms with Crippen molar-refractivity contribution in [2.75, 3.05) is 0 Å². The van der Waals surface area contributed by atoms with Gasteiger partial charge >= 0.3 is 5.97 Å². The molecule has 0 radical (unpaired) electrons. The van der Waals surface area contributed by atoms with Crippen LogP contribution in [0.1, 0.15) is 18.1 Å². The predicted octanol–water partition coefficient (Wildman–Crippen LogP) is 3.26. The molecule has 0 saturated carbocycles. The van der Waals surface area contributed by atoms with Gasteiger partial charge in [0.25, 0.3) is 11.6 Å². The Kier molecular flexibility index (Phi) is 4.89. The number of nitro groups is 1. The summed E-state index contributed by atoms with van der Waals surface area (Å²) in [6.07, 6.45) is 5.11. The molecule has 9 heteroatoms. The van der Waals surface area contributed by atoms with Gasteiger partial charge in [-0.05, 0) is 42.3 Å². The minimum atomic E-state index is -0.593. The average Bonchev–Trinajstić information content (AvgIpc) is 3.04. The minimum Gasteiger partial charge on any atom is -0.456 e. The summed E-state index contributed by atoms with van der Waals surface area (Å²) in [6.45, 7) is 1.74. The van der Waals surface area contributed by atoms with Crippen molar-refractivity contribution in [3.63, 3.8) is 0 Å². The highest BCUT2D eigenvalue weighted by Crippen LogP contribution is 2.49.